The van der Waals surface area contributed by atoms with E-state index in [1.165, 1.54) is 0 Å². The lowest BCUT2D eigenvalue weighted by Gasteiger charge is -2.19. The maximum Gasteiger partial charge on any atom is 0.334 e. The normalized spacial score (nSPS) is 18.2. The van der Waals surface area contributed by atoms with Gasteiger partial charge >= 0.3 is 5.97 Å². The highest BCUT2D eigenvalue weighted by atomic mass is 16.5. The van der Waals surface area contributed by atoms with Gasteiger partial charge in [-0.2, -0.15) is 0 Å². The van der Waals surface area contributed by atoms with E-state index in [0.29, 0.717) is 18.7 Å². The lowest BCUT2D eigenvalue weighted by Crippen LogP contribution is -2.30. The number of esters is 1. The Morgan fingerprint density at radius 1 is 1.47 bits per heavy atom. The number of ether oxygens (including phenoxy) is 2. The van der Waals surface area contributed by atoms with Crippen LogP contribution in [0.2, 0.25) is 0 Å². The van der Waals surface area contributed by atoms with Crippen LogP contribution >= 0.6 is 0 Å². The highest BCUT2D eigenvalue weighted by molar-refractivity contribution is 5.88. The molecule has 0 aromatic rings. The van der Waals surface area contributed by atoms with E-state index >= 15 is 0 Å². The minimum Gasteiger partial charge on any atom is -0.463 e. The van der Waals surface area contributed by atoms with Gasteiger partial charge in [0.25, 0.3) is 0 Å². The molecule has 0 amide bonds. The summed E-state index contributed by atoms with van der Waals surface area (Å²) in [6.07, 6.45) is 1.01. The number of carbonyl (C=O) groups is 1. The molecule has 4 heteroatoms. The molecule has 1 aliphatic heterocycles. The Hall–Kier alpha value is -0.870. The van der Waals surface area contributed by atoms with Crippen LogP contribution in [0.4, 0.5) is 0 Å². The second-order valence-corrected chi connectivity index (χ2v) is 3.57. The summed E-state index contributed by atoms with van der Waals surface area (Å²) in [5, 5.41) is 0. The van der Waals surface area contributed by atoms with Crippen molar-refractivity contribution >= 4 is 5.97 Å². The molecule has 0 unspecified atom stereocenters. The Balaban J connectivity index is 2.32. The smallest absolute Gasteiger partial charge is 0.334 e. The van der Waals surface area contributed by atoms with E-state index in [1.54, 1.807) is 6.92 Å². The second-order valence-electron chi connectivity index (χ2n) is 3.57. The van der Waals surface area contributed by atoms with Crippen LogP contribution in [-0.4, -0.2) is 50.3 Å². The van der Waals surface area contributed by atoms with Crippen molar-refractivity contribution in [1.82, 2.24) is 4.90 Å². The average molecular weight is 213 g/mol. The van der Waals surface area contributed by atoms with Gasteiger partial charge < -0.3 is 9.47 Å². The summed E-state index contributed by atoms with van der Waals surface area (Å²) in [4.78, 5) is 13.5. The molecule has 0 aromatic carbocycles. The summed E-state index contributed by atoms with van der Waals surface area (Å²) >= 11 is 0. The van der Waals surface area contributed by atoms with Crippen molar-refractivity contribution in [3.8, 4) is 0 Å². The molecular formula is C11H19NO3. The summed E-state index contributed by atoms with van der Waals surface area (Å²) in [5.41, 5.74) is 0.527. The molecule has 1 rings (SSSR count). The van der Waals surface area contributed by atoms with E-state index < -0.39 is 0 Å². The zero-order chi connectivity index (χ0) is 11.1. The monoisotopic (exact) mass is 213 g/mol. The predicted octanol–water partition coefficient (Wildman–Crippen LogP) is 0.828. The molecule has 1 saturated heterocycles. The molecule has 86 valence electrons. The summed E-state index contributed by atoms with van der Waals surface area (Å²) in [5.74, 6) is -0.289. The molecule has 0 spiro atoms. The molecule has 4 nitrogen and oxygen atoms in total. The Bertz CT molecular complexity index is 220. The van der Waals surface area contributed by atoms with Gasteiger partial charge in [0.1, 0.15) is 0 Å². The fourth-order valence-electron chi connectivity index (χ4n) is 1.52. The molecule has 1 fully saturated rings. The maximum absolute atomic E-state index is 11.3. The molecular weight excluding hydrogens is 194 g/mol. The van der Waals surface area contributed by atoms with Crippen LogP contribution in [0.25, 0.3) is 0 Å². The van der Waals surface area contributed by atoms with Crippen molar-refractivity contribution in [1.29, 1.82) is 0 Å². The number of nitrogens with zero attached hydrogens (tertiary/aromatic N) is 1. The third-order valence-electron chi connectivity index (χ3n) is 2.29. The van der Waals surface area contributed by atoms with Crippen molar-refractivity contribution in [2.24, 2.45) is 0 Å². The number of rotatable bonds is 4. The Labute approximate surface area is 90.8 Å². The summed E-state index contributed by atoms with van der Waals surface area (Å²) in [6, 6.07) is 0. The van der Waals surface area contributed by atoms with Gasteiger partial charge in [0, 0.05) is 31.8 Å². The van der Waals surface area contributed by atoms with Gasteiger partial charge in [-0.3, -0.25) is 4.90 Å². The zero-order valence-corrected chi connectivity index (χ0v) is 9.33. The fourth-order valence-corrected chi connectivity index (χ4v) is 1.52. The summed E-state index contributed by atoms with van der Waals surface area (Å²) in [6.45, 7) is 9.88. The van der Waals surface area contributed by atoms with Gasteiger partial charge in [0.05, 0.1) is 13.2 Å². The number of hydrogen-bond acceptors (Lipinski definition) is 4. The molecule has 0 bridgehead atoms. The standard InChI is InChI=1S/C11H19NO3/c1-3-15-11(13)10(2)9-12-5-4-7-14-8-6-12/h2-9H2,1H3. The number of hydrogen-bond donors (Lipinski definition) is 0. The lowest BCUT2D eigenvalue weighted by molar-refractivity contribution is -0.138. The third-order valence-corrected chi connectivity index (χ3v) is 2.29. The van der Waals surface area contributed by atoms with E-state index in [-0.39, 0.29) is 5.97 Å². The predicted molar refractivity (Wildman–Crippen MR) is 57.6 cm³/mol. The molecule has 15 heavy (non-hydrogen) atoms. The molecule has 0 aromatic heterocycles. The first kappa shape index (κ1) is 12.2. The van der Waals surface area contributed by atoms with Crippen molar-refractivity contribution in [2.45, 2.75) is 13.3 Å². The SMILES string of the molecule is C=C(CN1CCCOCC1)C(=O)OCC. The topological polar surface area (TPSA) is 38.8 Å². The van der Waals surface area contributed by atoms with Gasteiger partial charge in [0.15, 0.2) is 0 Å². The van der Waals surface area contributed by atoms with Crippen LogP contribution in [-0.2, 0) is 14.3 Å². The van der Waals surface area contributed by atoms with Gasteiger partial charge in [-0.25, -0.2) is 4.79 Å². The highest BCUT2D eigenvalue weighted by Gasteiger charge is 2.14. The molecule has 1 heterocycles. The Morgan fingerprint density at radius 2 is 2.27 bits per heavy atom. The second kappa shape index (κ2) is 6.58. The molecule has 0 N–H and O–H groups in total. The van der Waals surface area contributed by atoms with Crippen LogP contribution in [0.5, 0.6) is 0 Å². The van der Waals surface area contributed by atoms with Crippen LogP contribution in [0, 0.1) is 0 Å². The van der Waals surface area contributed by atoms with E-state index in [2.05, 4.69) is 11.5 Å². The van der Waals surface area contributed by atoms with Gasteiger partial charge in [-0.15, -0.1) is 0 Å². The van der Waals surface area contributed by atoms with E-state index in [9.17, 15) is 4.79 Å². The van der Waals surface area contributed by atoms with Crippen LogP contribution in [0.3, 0.4) is 0 Å². The van der Waals surface area contributed by atoms with Gasteiger partial charge in [0.2, 0.25) is 0 Å². The Kier molecular flexibility index (Phi) is 5.36. The average Bonchev–Trinajstić information content (AvgIpc) is 2.46. The maximum atomic E-state index is 11.3. The van der Waals surface area contributed by atoms with E-state index in [4.69, 9.17) is 9.47 Å². The van der Waals surface area contributed by atoms with Crippen molar-refractivity contribution < 1.29 is 14.3 Å². The van der Waals surface area contributed by atoms with Crippen LogP contribution in [0.1, 0.15) is 13.3 Å². The zero-order valence-electron chi connectivity index (χ0n) is 9.33. The van der Waals surface area contributed by atoms with Crippen molar-refractivity contribution in [3.63, 3.8) is 0 Å². The van der Waals surface area contributed by atoms with Crippen LogP contribution in [0.15, 0.2) is 12.2 Å². The number of carbonyl (C=O) groups excluding carboxylic acids is 1. The molecule has 0 aliphatic carbocycles. The lowest BCUT2D eigenvalue weighted by atomic mass is 10.2. The first-order valence-electron chi connectivity index (χ1n) is 5.39. The van der Waals surface area contributed by atoms with Gasteiger partial charge in [-0.05, 0) is 13.3 Å². The molecule has 0 radical (unpaired) electrons. The summed E-state index contributed by atoms with van der Waals surface area (Å²) in [7, 11) is 0. The van der Waals surface area contributed by atoms with Crippen molar-refractivity contribution in [3.05, 3.63) is 12.2 Å². The minimum atomic E-state index is -0.289. The molecule has 0 atom stereocenters. The molecule has 0 saturated carbocycles. The largest absolute Gasteiger partial charge is 0.463 e. The Morgan fingerprint density at radius 3 is 3.00 bits per heavy atom. The highest BCUT2D eigenvalue weighted by Crippen LogP contribution is 2.04. The quantitative estimate of drug-likeness (QED) is 0.512. The van der Waals surface area contributed by atoms with Gasteiger partial charge in [-0.1, -0.05) is 6.58 Å². The van der Waals surface area contributed by atoms with Crippen LogP contribution < -0.4 is 0 Å². The van der Waals surface area contributed by atoms with E-state index in [0.717, 1.165) is 32.7 Å². The molecule has 1 aliphatic rings. The fraction of sp³-hybridized carbons (Fsp3) is 0.727. The summed E-state index contributed by atoms with van der Waals surface area (Å²) < 4.78 is 10.2. The first-order chi connectivity index (χ1) is 7.24. The third kappa shape index (κ3) is 4.44. The first-order valence-corrected chi connectivity index (χ1v) is 5.39. The van der Waals surface area contributed by atoms with E-state index in [1.807, 2.05) is 0 Å². The van der Waals surface area contributed by atoms with Crippen molar-refractivity contribution in [2.75, 3.05) is 39.5 Å². The minimum absolute atomic E-state index is 0.289.